The molecule has 1 N–H and O–H groups in total. The number of aryl methyl sites for hydroxylation is 1. The second kappa shape index (κ2) is 7.97. The third-order valence-electron chi connectivity index (χ3n) is 4.43. The molecule has 0 aromatic heterocycles. The molecule has 4 heteroatoms. The van der Waals surface area contributed by atoms with Crippen molar-refractivity contribution in [3.05, 3.63) is 64.7 Å². The molecule has 0 heterocycles. The normalized spacial score (nSPS) is 12.1. The van der Waals surface area contributed by atoms with Crippen molar-refractivity contribution in [1.82, 2.24) is 10.2 Å². The predicted molar refractivity (Wildman–Crippen MR) is 97.7 cm³/mol. The maximum Gasteiger partial charge on any atom is 0.251 e. The molecular weight excluding hydrogens is 300 g/mol. The molecule has 24 heavy (non-hydrogen) atoms. The third-order valence-corrected chi connectivity index (χ3v) is 4.43. The summed E-state index contributed by atoms with van der Waals surface area (Å²) in [6.07, 6.45) is 0. The van der Waals surface area contributed by atoms with Gasteiger partial charge in [-0.2, -0.15) is 0 Å². The average Bonchev–Trinajstić information content (AvgIpc) is 2.57. The maximum atomic E-state index is 12.6. The molecule has 0 spiro atoms. The summed E-state index contributed by atoms with van der Waals surface area (Å²) in [5, 5.41) is 3.06. The summed E-state index contributed by atoms with van der Waals surface area (Å²) in [6.45, 7) is 4.51. The fourth-order valence-corrected chi connectivity index (χ4v) is 2.79. The van der Waals surface area contributed by atoms with Gasteiger partial charge in [0.05, 0.1) is 13.2 Å². The van der Waals surface area contributed by atoms with Crippen LogP contribution in [-0.2, 0) is 0 Å². The van der Waals surface area contributed by atoms with Crippen LogP contribution in [0.15, 0.2) is 42.5 Å². The monoisotopic (exact) mass is 326 g/mol. The van der Waals surface area contributed by atoms with Gasteiger partial charge in [0.1, 0.15) is 5.75 Å². The van der Waals surface area contributed by atoms with Crippen LogP contribution < -0.4 is 10.1 Å². The molecule has 2 aromatic rings. The molecule has 0 saturated heterocycles. The Morgan fingerprint density at radius 1 is 1.12 bits per heavy atom. The number of likely N-dealkylation sites (N-methyl/N-ethyl adjacent to an activating group) is 1. The van der Waals surface area contributed by atoms with Crippen molar-refractivity contribution in [3.8, 4) is 5.75 Å². The number of carbonyl (C=O) groups excluding carboxylic acids is 1. The number of ether oxygens (including phenoxy) is 1. The van der Waals surface area contributed by atoms with Gasteiger partial charge in [-0.15, -0.1) is 0 Å². The number of nitrogens with zero attached hydrogens (tertiary/aromatic N) is 1. The van der Waals surface area contributed by atoms with Gasteiger partial charge in [0, 0.05) is 17.7 Å². The Bertz CT molecular complexity index is 711. The Kier molecular flexibility index (Phi) is 5.99. The zero-order valence-corrected chi connectivity index (χ0v) is 15.1. The average molecular weight is 326 g/mol. The van der Waals surface area contributed by atoms with E-state index in [1.807, 2.05) is 70.4 Å². The molecule has 1 unspecified atom stereocenters. The van der Waals surface area contributed by atoms with E-state index in [0.717, 1.165) is 28.0 Å². The van der Waals surface area contributed by atoms with E-state index in [9.17, 15) is 4.79 Å². The van der Waals surface area contributed by atoms with Crippen LogP contribution in [-0.4, -0.2) is 38.6 Å². The molecule has 1 amide bonds. The highest BCUT2D eigenvalue weighted by Crippen LogP contribution is 2.27. The SMILES string of the molecule is COc1ccccc1C(CNC(=O)c1cccc(C)c1C)N(C)C. The van der Waals surface area contributed by atoms with Gasteiger partial charge in [0.25, 0.3) is 5.91 Å². The van der Waals surface area contributed by atoms with Crippen LogP contribution in [0.4, 0.5) is 0 Å². The topological polar surface area (TPSA) is 41.6 Å². The van der Waals surface area contributed by atoms with Gasteiger partial charge < -0.3 is 15.0 Å². The van der Waals surface area contributed by atoms with E-state index in [1.54, 1.807) is 7.11 Å². The quantitative estimate of drug-likeness (QED) is 0.885. The lowest BCUT2D eigenvalue weighted by molar-refractivity contribution is 0.0941. The van der Waals surface area contributed by atoms with Gasteiger partial charge in [-0.1, -0.05) is 30.3 Å². The van der Waals surface area contributed by atoms with Gasteiger partial charge in [0.15, 0.2) is 0 Å². The third kappa shape index (κ3) is 3.95. The molecule has 0 aliphatic carbocycles. The lowest BCUT2D eigenvalue weighted by Crippen LogP contribution is -2.35. The number of hydrogen-bond acceptors (Lipinski definition) is 3. The van der Waals surface area contributed by atoms with E-state index in [4.69, 9.17) is 4.74 Å². The van der Waals surface area contributed by atoms with E-state index in [-0.39, 0.29) is 11.9 Å². The summed E-state index contributed by atoms with van der Waals surface area (Å²) in [5.41, 5.74) is 3.93. The molecule has 2 aromatic carbocycles. The molecule has 128 valence electrons. The molecule has 0 saturated carbocycles. The number of rotatable bonds is 6. The van der Waals surface area contributed by atoms with Crippen molar-refractivity contribution < 1.29 is 9.53 Å². The second-order valence-electron chi connectivity index (χ2n) is 6.18. The number of benzene rings is 2. The van der Waals surface area contributed by atoms with Crippen LogP contribution in [0.3, 0.4) is 0 Å². The maximum absolute atomic E-state index is 12.6. The van der Waals surface area contributed by atoms with Crippen molar-refractivity contribution in [2.45, 2.75) is 19.9 Å². The van der Waals surface area contributed by atoms with Crippen molar-refractivity contribution in [3.63, 3.8) is 0 Å². The first kappa shape index (κ1) is 18.0. The first-order valence-corrected chi connectivity index (χ1v) is 8.09. The number of amides is 1. The number of methoxy groups -OCH3 is 1. The first-order valence-electron chi connectivity index (χ1n) is 8.09. The summed E-state index contributed by atoms with van der Waals surface area (Å²) in [6, 6.07) is 13.8. The highest BCUT2D eigenvalue weighted by molar-refractivity contribution is 5.95. The van der Waals surface area contributed by atoms with Crippen molar-refractivity contribution >= 4 is 5.91 Å². The van der Waals surface area contributed by atoms with Crippen LogP contribution in [0.5, 0.6) is 5.75 Å². The van der Waals surface area contributed by atoms with E-state index in [0.29, 0.717) is 6.54 Å². The van der Waals surface area contributed by atoms with Crippen LogP contribution in [0, 0.1) is 13.8 Å². The Morgan fingerprint density at radius 2 is 1.83 bits per heavy atom. The summed E-state index contributed by atoms with van der Waals surface area (Å²) >= 11 is 0. The van der Waals surface area contributed by atoms with Crippen molar-refractivity contribution in [2.75, 3.05) is 27.7 Å². The van der Waals surface area contributed by atoms with Crippen LogP contribution in [0.25, 0.3) is 0 Å². The summed E-state index contributed by atoms with van der Waals surface area (Å²) in [4.78, 5) is 14.7. The Morgan fingerprint density at radius 3 is 2.50 bits per heavy atom. The first-order chi connectivity index (χ1) is 11.5. The lowest BCUT2D eigenvalue weighted by Gasteiger charge is -2.26. The van der Waals surface area contributed by atoms with E-state index >= 15 is 0 Å². The largest absolute Gasteiger partial charge is 0.496 e. The smallest absolute Gasteiger partial charge is 0.251 e. The van der Waals surface area contributed by atoms with Gasteiger partial charge in [-0.05, 0) is 51.2 Å². The highest BCUT2D eigenvalue weighted by atomic mass is 16.5. The fourth-order valence-electron chi connectivity index (χ4n) is 2.79. The zero-order valence-electron chi connectivity index (χ0n) is 15.1. The molecule has 0 fully saturated rings. The zero-order chi connectivity index (χ0) is 17.7. The van der Waals surface area contributed by atoms with E-state index in [1.165, 1.54) is 0 Å². The molecule has 1 atom stereocenters. The fraction of sp³-hybridized carbons (Fsp3) is 0.350. The molecule has 0 bridgehead atoms. The van der Waals surface area contributed by atoms with Gasteiger partial charge >= 0.3 is 0 Å². The van der Waals surface area contributed by atoms with Gasteiger partial charge in [-0.3, -0.25) is 4.79 Å². The number of para-hydroxylation sites is 1. The Balaban J connectivity index is 2.17. The molecule has 0 aliphatic heterocycles. The summed E-state index contributed by atoms with van der Waals surface area (Å²) in [7, 11) is 5.67. The minimum Gasteiger partial charge on any atom is -0.496 e. The lowest BCUT2D eigenvalue weighted by atomic mass is 10.0. The predicted octanol–water partition coefficient (Wildman–Crippen LogP) is 3.34. The minimum atomic E-state index is -0.0436. The van der Waals surface area contributed by atoms with E-state index in [2.05, 4.69) is 10.2 Å². The van der Waals surface area contributed by atoms with Crippen LogP contribution >= 0.6 is 0 Å². The minimum absolute atomic E-state index is 0.0372. The van der Waals surface area contributed by atoms with Gasteiger partial charge in [-0.25, -0.2) is 0 Å². The summed E-state index contributed by atoms with van der Waals surface area (Å²) in [5.74, 6) is 0.787. The van der Waals surface area contributed by atoms with E-state index < -0.39 is 0 Å². The molecule has 0 radical (unpaired) electrons. The number of carbonyl (C=O) groups is 1. The van der Waals surface area contributed by atoms with Gasteiger partial charge in [0.2, 0.25) is 0 Å². The highest BCUT2D eigenvalue weighted by Gasteiger charge is 2.20. The summed E-state index contributed by atoms with van der Waals surface area (Å²) < 4.78 is 5.46. The Labute approximate surface area is 144 Å². The van der Waals surface area contributed by atoms with Crippen LogP contribution in [0.2, 0.25) is 0 Å². The second-order valence-corrected chi connectivity index (χ2v) is 6.18. The Hall–Kier alpha value is -2.33. The van der Waals surface area contributed by atoms with Crippen molar-refractivity contribution in [1.29, 1.82) is 0 Å². The van der Waals surface area contributed by atoms with Crippen LogP contribution in [0.1, 0.15) is 33.1 Å². The molecule has 2 rings (SSSR count). The molecular formula is C20H26N2O2. The number of hydrogen-bond donors (Lipinski definition) is 1. The molecule has 0 aliphatic rings. The number of nitrogens with one attached hydrogen (secondary N) is 1. The molecule has 4 nitrogen and oxygen atoms in total. The standard InChI is InChI=1S/C20H26N2O2/c1-14-9-8-11-16(15(14)2)20(23)21-13-18(22(3)4)17-10-6-7-12-19(17)24-5/h6-12,18H,13H2,1-5H3,(H,21,23). The van der Waals surface area contributed by atoms with Crippen molar-refractivity contribution in [2.24, 2.45) is 0 Å².